The molecule has 7 nitrogen and oxygen atoms in total. The summed E-state index contributed by atoms with van der Waals surface area (Å²) in [6.45, 7) is 3.86. The Morgan fingerprint density at radius 3 is 2.61 bits per heavy atom. The zero-order valence-corrected chi connectivity index (χ0v) is 15.8. The van der Waals surface area contributed by atoms with Crippen molar-refractivity contribution in [3.63, 3.8) is 0 Å². The Morgan fingerprint density at radius 1 is 1.14 bits per heavy atom. The van der Waals surface area contributed by atoms with Gasteiger partial charge in [-0.3, -0.25) is 4.57 Å². The molecule has 2 aromatic heterocycles. The number of ether oxygens (including phenoxy) is 1. The van der Waals surface area contributed by atoms with Crippen LogP contribution in [0.5, 0.6) is 5.75 Å². The molecule has 4 aromatic rings. The van der Waals surface area contributed by atoms with Gasteiger partial charge < -0.3 is 14.4 Å². The lowest BCUT2D eigenvalue weighted by molar-refractivity contribution is 0.196. The highest BCUT2D eigenvalue weighted by Gasteiger charge is 2.14. The number of benzene rings is 2. The summed E-state index contributed by atoms with van der Waals surface area (Å²) in [6, 6.07) is 10.7. The Hall–Kier alpha value is -3.32. The lowest BCUT2D eigenvalue weighted by Gasteiger charge is -2.11. The molecule has 8 heteroatoms. The highest BCUT2D eigenvalue weighted by Crippen LogP contribution is 2.31. The van der Waals surface area contributed by atoms with Crippen LogP contribution in [0.1, 0.15) is 13.8 Å². The van der Waals surface area contributed by atoms with Gasteiger partial charge in [0, 0.05) is 34.3 Å². The second-order valence-electron chi connectivity index (χ2n) is 6.53. The molecule has 2 heterocycles. The van der Waals surface area contributed by atoms with Gasteiger partial charge in [0.05, 0.1) is 11.1 Å². The number of fused-ring (bicyclic) bond motifs is 1. The molecule has 0 saturated carbocycles. The molecule has 0 saturated heterocycles. The van der Waals surface area contributed by atoms with Gasteiger partial charge in [0.25, 0.3) is 5.89 Å². The van der Waals surface area contributed by atoms with Crippen LogP contribution in [0.2, 0.25) is 5.02 Å². The van der Waals surface area contributed by atoms with Crippen LogP contribution >= 0.6 is 11.6 Å². The van der Waals surface area contributed by atoms with Crippen molar-refractivity contribution >= 4 is 28.5 Å². The first-order valence-corrected chi connectivity index (χ1v) is 8.94. The summed E-state index contributed by atoms with van der Waals surface area (Å²) in [7, 11) is 0. The van der Waals surface area contributed by atoms with Crippen molar-refractivity contribution in [1.82, 2.24) is 14.7 Å². The van der Waals surface area contributed by atoms with Gasteiger partial charge in [0.15, 0.2) is 0 Å². The van der Waals surface area contributed by atoms with Gasteiger partial charge in [-0.2, -0.15) is 4.98 Å². The van der Waals surface area contributed by atoms with E-state index in [0.717, 1.165) is 15.3 Å². The highest BCUT2D eigenvalue weighted by atomic mass is 35.5. The van der Waals surface area contributed by atoms with E-state index in [2.05, 4.69) is 10.1 Å². The van der Waals surface area contributed by atoms with Crippen molar-refractivity contribution in [2.45, 2.75) is 20.0 Å². The molecule has 0 aliphatic rings. The number of halogens is 1. The van der Waals surface area contributed by atoms with Gasteiger partial charge in [-0.15, -0.1) is 0 Å². The summed E-state index contributed by atoms with van der Waals surface area (Å²) >= 11 is 6.28. The fourth-order valence-electron chi connectivity index (χ4n) is 2.83. The molecular formula is C20H16ClN3O4. The van der Waals surface area contributed by atoms with E-state index in [4.69, 9.17) is 26.0 Å². The number of carboxylic acid groups (broad SMARTS) is 1. The van der Waals surface area contributed by atoms with Gasteiger partial charge in [-0.25, -0.2) is 4.79 Å². The van der Waals surface area contributed by atoms with E-state index in [1.807, 2.05) is 26.0 Å². The molecule has 0 aliphatic carbocycles. The number of hydrogen-bond donors (Lipinski definition) is 1. The molecule has 0 amide bonds. The fourth-order valence-corrected chi connectivity index (χ4v) is 3.06. The monoisotopic (exact) mass is 397 g/mol. The van der Waals surface area contributed by atoms with E-state index < -0.39 is 6.09 Å². The van der Waals surface area contributed by atoms with Gasteiger partial charge in [-0.05, 0) is 44.2 Å². The van der Waals surface area contributed by atoms with Crippen LogP contribution in [0, 0.1) is 0 Å². The maximum atomic E-state index is 11.1. The van der Waals surface area contributed by atoms with Crippen LogP contribution in [0.4, 0.5) is 4.79 Å². The number of carbonyl (C=O) groups is 1. The van der Waals surface area contributed by atoms with Crippen molar-refractivity contribution in [3.8, 4) is 28.6 Å². The first kappa shape index (κ1) is 18.1. The van der Waals surface area contributed by atoms with Crippen LogP contribution < -0.4 is 4.74 Å². The highest BCUT2D eigenvalue weighted by molar-refractivity contribution is 6.32. The molecule has 1 N–H and O–H groups in total. The van der Waals surface area contributed by atoms with Gasteiger partial charge in [0.2, 0.25) is 5.82 Å². The van der Waals surface area contributed by atoms with E-state index in [9.17, 15) is 4.79 Å². The average Bonchev–Trinajstić information content (AvgIpc) is 3.29. The molecule has 142 valence electrons. The van der Waals surface area contributed by atoms with Crippen molar-refractivity contribution < 1.29 is 19.2 Å². The van der Waals surface area contributed by atoms with Gasteiger partial charge in [-0.1, -0.05) is 22.8 Å². The Balaban J connectivity index is 1.65. The summed E-state index contributed by atoms with van der Waals surface area (Å²) in [4.78, 5) is 15.5. The minimum Gasteiger partial charge on any atom is -0.489 e. The molecule has 0 fully saturated rings. The smallest absolute Gasteiger partial charge is 0.415 e. The second kappa shape index (κ2) is 7.01. The van der Waals surface area contributed by atoms with E-state index in [0.29, 0.717) is 33.6 Å². The van der Waals surface area contributed by atoms with E-state index >= 15 is 0 Å². The minimum atomic E-state index is -1.04. The molecular weight excluding hydrogens is 382 g/mol. The minimum absolute atomic E-state index is 0.0195. The standard InChI is InChI=1S/C20H16ClN3O4/c1-11(2)27-17-6-5-12(8-16(17)21)18-22-19(28-23-18)13-3-4-14-9-24(20(25)26)10-15(14)7-13/h3-11H,1-2H3,(H,25,26). The summed E-state index contributed by atoms with van der Waals surface area (Å²) in [5, 5.41) is 15.1. The lowest BCUT2D eigenvalue weighted by atomic mass is 10.1. The third kappa shape index (κ3) is 3.44. The predicted molar refractivity (Wildman–Crippen MR) is 105 cm³/mol. The summed E-state index contributed by atoms with van der Waals surface area (Å²) < 4.78 is 12.1. The Kier molecular flexibility index (Phi) is 4.52. The summed E-state index contributed by atoms with van der Waals surface area (Å²) in [5.74, 6) is 1.33. The topological polar surface area (TPSA) is 90.4 Å². The van der Waals surface area contributed by atoms with Crippen molar-refractivity contribution in [2.75, 3.05) is 0 Å². The Bertz CT molecular complexity index is 1180. The average molecular weight is 398 g/mol. The fraction of sp³-hybridized carbons (Fsp3) is 0.150. The first-order chi connectivity index (χ1) is 13.4. The third-order valence-electron chi connectivity index (χ3n) is 4.09. The van der Waals surface area contributed by atoms with Crippen LogP contribution in [0.3, 0.4) is 0 Å². The van der Waals surface area contributed by atoms with E-state index in [1.165, 1.54) is 6.20 Å². The molecule has 0 unspecified atom stereocenters. The number of hydrogen-bond acceptors (Lipinski definition) is 5. The third-order valence-corrected chi connectivity index (χ3v) is 4.39. The van der Waals surface area contributed by atoms with Gasteiger partial charge in [0.1, 0.15) is 5.75 Å². The van der Waals surface area contributed by atoms with Crippen LogP contribution in [-0.4, -0.2) is 32.0 Å². The van der Waals surface area contributed by atoms with Crippen LogP contribution in [-0.2, 0) is 0 Å². The number of rotatable bonds is 4. The largest absolute Gasteiger partial charge is 0.489 e. The Morgan fingerprint density at radius 2 is 1.89 bits per heavy atom. The molecule has 2 aromatic carbocycles. The zero-order chi connectivity index (χ0) is 19.8. The maximum Gasteiger partial charge on any atom is 0.415 e. The first-order valence-electron chi connectivity index (χ1n) is 8.56. The zero-order valence-electron chi connectivity index (χ0n) is 15.1. The predicted octanol–water partition coefficient (Wildman–Crippen LogP) is 5.33. The molecule has 0 spiro atoms. The van der Waals surface area contributed by atoms with Gasteiger partial charge >= 0.3 is 6.09 Å². The van der Waals surface area contributed by atoms with E-state index in [-0.39, 0.29) is 6.10 Å². The summed E-state index contributed by atoms with van der Waals surface area (Å²) in [5.41, 5.74) is 1.40. The van der Waals surface area contributed by atoms with Crippen molar-refractivity contribution in [1.29, 1.82) is 0 Å². The van der Waals surface area contributed by atoms with E-state index in [1.54, 1.807) is 30.5 Å². The molecule has 4 rings (SSSR count). The summed E-state index contributed by atoms with van der Waals surface area (Å²) in [6.07, 6.45) is 2.06. The number of aromatic nitrogens is 3. The Labute approximate surface area is 165 Å². The van der Waals surface area contributed by atoms with Crippen molar-refractivity contribution in [3.05, 3.63) is 53.8 Å². The molecule has 0 radical (unpaired) electrons. The molecule has 0 atom stereocenters. The molecule has 28 heavy (non-hydrogen) atoms. The number of nitrogens with zero attached hydrogens (tertiary/aromatic N) is 3. The normalized spacial score (nSPS) is 11.3. The van der Waals surface area contributed by atoms with Crippen molar-refractivity contribution in [2.24, 2.45) is 0 Å². The maximum absolute atomic E-state index is 11.1. The SMILES string of the molecule is CC(C)Oc1ccc(-c2noc(-c3ccc4cn(C(=O)O)cc4c3)n2)cc1Cl. The molecule has 0 bridgehead atoms. The lowest BCUT2D eigenvalue weighted by Crippen LogP contribution is -2.05. The quantitative estimate of drug-likeness (QED) is 0.500. The van der Waals surface area contributed by atoms with Crippen LogP contribution in [0.15, 0.2) is 53.3 Å². The van der Waals surface area contributed by atoms with Crippen LogP contribution in [0.25, 0.3) is 33.6 Å². The second-order valence-corrected chi connectivity index (χ2v) is 6.93. The molecule has 0 aliphatic heterocycles.